The molecule has 1 heterocycles. The number of carbonyl (C=O) groups is 2. The molecular formula is C13H19N3O3. The van der Waals surface area contributed by atoms with E-state index in [0.29, 0.717) is 6.54 Å². The Morgan fingerprint density at radius 1 is 1.37 bits per heavy atom. The number of hydrogen-bond acceptors (Lipinski definition) is 3. The van der Waals surface area contributed by atoms with E-state index < -0.39 is 11.5 Å². The number of aliphatic carboxylic acids is 1. The first-order valence-corrected chi connectivity index (χ1v) is 5.94. The van der Waals surface area contributed by atoms with Crippen molar-refractivity contribution in [2.75, 3.05) is 7.05 Å². The first-order valence-electron chi connectivity index (χ1n) is 5.94. The van der Waals surface area contributed by atoms with Gasteiger partial charge in [0.15, 0.2) is 0 Å². The van der Waals surface area contributed by atoms with Crippen LogP contribution in [0, 0.1) is 0 Å². The van der Waals surface area contributed by atoms with Crippen LogP contribution in [0.2, 0.25) is 0 Å². The SMILES string of the molecule is CN(Cc1ccncc1)C(=O)NC(C)(C)CC(=O)O. The van der Waals surface area contributed by atoms with Gasteiger partial charge in [-0.25, -0.2) is 4.79 Å². The van der Waals surface area contributed by atoms with Crippen LogP contribution in [-0.2, 0) is 11.3 Å². The largest absolute Gasteiger partial charge is 0.481 e. The summed E-state index contributed by atoms with van der Waals surface area (Å²) < 4.78 is 0. The summed E-state index contributed by atoms with van der Waals surface area (Å²) in [5.74, 6) is -0.943. The van der Waals surface area contributed by atoms with Crippen LogP contribution in [0.25, 0.3) is 0 Å². The zero-order valence-electron chi connectivity index (χ0n) is 11.4. The third-order valence-electron chi connectivity index (χ3n) is 2.55. The lowest BCUT2D eigenvalue weighted by Gasteiger charge is -2.28. The predicted octanol–water partition coefficient (Wildman–Crippen LogP) is 1.48. The van der Waals surface area contributed by atoms with Gasteiger partial charge in [-0.1, -0.05) is 0 Å². The molecule has 0 bridgehead atoms. The molecule has 0 unspecified atom stereocenters. The number of aromatic nitrogens is 1. The van der Waals surface area contributed by atoms with Gasteiger partial charge < -0.3 is 15.3 Å². The lowest BCUT2D eigenvalue weighted by Crippen LogP contribution is -2.49. The van der Waals surface area contributed by atoms with Crippen LogP contribution < -0.4 is 5.32 Å². The van der Waals surface area contributed by atoms with E-state index in [4.69, 9.17) is 5.11 Å². The van der Waals surface area contributed by atoms with Gasteiger partial charge in [-0.05, 0) is 31.5 Å². The van der Waals surface area contributed by atoms with E-state index in [9.17, 15) is 9.59 Å². The topological polar surface area (TPSA) is 82.5 Å². The zero-order chi connectivity index (χ0) is 14.5. The summed E-state index contributed by atoms with van der Waals surface area (Å²) >= 11 is 0. The normalized spacial score (nSPS) is 10.9. The zero-order valence-corrected chi connectivity index (χ0v) is 11.4. The van der Waals surface area contributed by atoms with E-state index in [2.05, 4.69) is 10.3 Å². The fourth-order valence-electron chi connectivity index (χ4n) is 1.64. The number of rotatable bonds is 5. The average molecular weight is 265 g/mol. The van der Waals surface area contributed by atoms with Crippen molar-refractivity contribution in [3.05, 3.63) is 30.1 Å². The Bertz CT molecular complexity index is 446. The molecule has 1 aromatic rings. The van der Waals surface area contributed by atoms with Crippen LogP contribution in [0.4, 0.5) is 4.79 Å². The van der Waals surface area contributed by atoms with Crippen molar-refractivity contribution >= 4 is 12.0 Å². The molecule has 0 atom stereocenters. The van der Waals surface area contributed by atoms with Crippen molar-refractivity contribution in [3.63, 3.8) is 0 Å². The van der Waals surface area contributed by atoms with Crippen LogP contribution in [0.5, 0.6) is 0 Å². The number of pyridine rings is 1. The summed E-state index contributed by atoms with van der Waals surface area (Å²) in [5, 5.41) is 11.5. The van der Waals surface area contributed by atoms with E-state index >= 15 is 0 Å². The molecule has 0 saturated carbocycles. The maximum absolute atomic E-state index is 12.0. The Morgan fingerprint density at radius 3 is 2.47 bits per heavy atom. The Morgan fingerprint density at radius 2 is 1.95 bits per heavy atom. The summed E-state index contributed by atoms with van der Waals surface area (Å²) in [7, 11) is 1.66. The Kier molecular flexibility index (Phi) is 4.86. The smallest absolute Gasteiger partial charge is 0.317 e. The highest BCUT2D eigenvalue weighted by Crippen LogP contribution is 2.09. The van der Waals surface area contributed by atoms with Gasteiger partial charge in [-0.15, -0.1) is 0 Å². The molecule has 1 rings (SSSR count). The summed E-state index contributed by atoms with van der Waals surface area (Å²) in [6, 6.07) is 3.35. The second kappa shape index (κ2) is 6.17. The Labute approximate surface area is 112 Å². The molecular weight excluding hydrogens is 246 g/mol. The molecule has 0 aliphatic heterocycles. The molecule has 6 heteroatoms. The molecule has 0 aliphatic rings. The van der Waals surface area contributed by atoms with E-state index in [1.807, 2.05) is 12.1 Å². The average Bonchev–Trinajstić information content (AvgIpc) is 2.27. The number of carboxylic acid groups (broad SMARTS) is 1. The maximum Gasteiger partial charge on any atom is 0.317 e. The Hall–Kier alpha value is -2.11. The van der Waals surface area contributed by atoms with Crippen LogP contribution in [0.15, 0.2) is 24.5 Å². The van der Waals surface area contributed by atoms with Gasteiger partial charge in [0, 0.05) is 31.5 Å². The molecule has 0 fully saturated rings. The van der Waals surface area contributed by atoms with Gasteiger partial charge in [0.2, 0.25) is 0 Å². The van der Waals surface area contributed by atoms with E-state index in [0.717, 1.165) is 5.56 Å². The number of urea groups is 1. The highest BCUT2D eigenvalue weighted by atomic mass is 16.4. The van der Waals surface area contributed by atoms with Gasteiger partial charge in [0.05, 0.1) is 6.42 Å². The summed E-state index contributed by atoms with van der Waals surface area (Å²) in [6.07, 6.45) is 3.20. The van der Waals surface area contributed by atoms with E-state index in [-0.39, 0.29) is 12.5 Å². The Balaban J connectivity index is 2.56. The highest BCUT2D eigenvalue weighted by Gasteiger charge is 2.25. The fourth-order valence-corrected chi connectivity index (χ4v) is 1.64. The lowest BCUT2D eigenvalue weighted by molar-refractivity contribution is -0.138. The van der Waals surface area contributed by atoms with Crippen LogP contribution >= 0.6 is 0 Å². The summed E-state index contributed by atoms with van der Waals surface area (Å²) in [4.78, 5) is 28.0. The molecule has 2 N–H and O–H groups in total. The fraction of sp³-hybridized carbons (Fsp3) is 0.462. The minimum atomic E-state index is -0.943. The molecule has 0 spiro atoms. The molecule has 1 aromatic heterocycles. The number of carboxylic acids is 1. The number of hydrogen-bond donors (Lipinski definition) is 2. The molecule has 0 saturated heterocycles. The lowest BCUT2D eigenvalue weighted by atomic mass is 10.0. The van der Waals surface area contributed by atoms with Crippen molar-refractivity contribution in [1.82, 2.24) is 15.2 Å². The molecule has 19 heavy (non-hydrogen) atoms. The minimum Gasteiger partial charge on any atom is -0.481 e. The quantitative estimate of drug-likeness (QED) is 0.844. The van der Waals surface area contributed by atoms with Crippen LogP contribution in [0.1, 0.15) is 25.8 Å². The third-order valence-corrected chi connectivity index (χ3v) is 2.55. The summed E-state index contributed by atoms with van der Waals surface area (Å²) in [6.45, 7) is 3.80. The molecule has 6 nitrogen and oxygen atoms in total. The number of carbonyl (C=O) groups excluding carboxylic acids is 1. The van der Waals surface area contributed by atoms with Crippen LogP contribution in [-0.4, -0.2) is 39.6 Å². The first-order chi connectivity index (χ1) is 8.80. The second-order valence-corrected chi connectivity index (χ2v) is 5.10. The van der Waals surface area contributed by atoms with Gasteiger partial charge >= 0.3 is 12.0 Å². The molecule has 0 radical (unpaired) electrons. The van der Waals surface area contributed by atoms with Crippen LogP contribution in [0.3, 0.4) is 0 Å². The minimum absolute atomic E-state index is 0.123. The van der Waals surface area contributed by atoms with Crippen molar-refractivity contribution in [3.8, 4) is 0 Å². The summed E-state index contributed by atoms with van der Waals surface area (Å²) in [5.41, 5.74) is 0.179. The first kappa shape index (κ1) is 14.9. The van der Waals surface area contributed by atoms with E-state index in [1.165, 1.54) is 4.90 Å². The standard InChI is InChI=1S/C13H19N3O3/c1-13(2,8-11(17)18)15-12(19)16(3)9-10-4-6-14-7-5-10/h4-7H,8-9H2,1-3H3,(H,15,19)(H,17,18). The molecule has 104 valence electrons. The molecule has 2 amide bonds. The van der Waals surface area contributed by atoms with Crippen molar-refractivity contribution in [1.29, 1.82) is 0 Å². The monoisotopic (exact) mass is 265 g/mol. The van der Waals surface area contributed by atoms with Crippen molar-refractivity contribution in [2.24, 2.45) is 0 Å². The van der Waals surface area contributed by atoms with Gasteiger partial charge in [0.25, 0.3) is 0 Å². The van der Waals surface area contributed by atoms with Crippen molar-refractivity contribution < 1.29 is 14.7 Å². The maximum atomic E-state index is 12.0. The van der Waals surface area contributed by atoms with Crippen molar-refractivity contribution in [2.45, 2.75) is 32.4 Å². The second-order valence-electron chi connectivity index (χ2n) is 5.10. The number of nitrogens with zero attached hydrogens (tertiary/aromatic N) is 2. The van der Waals surface area contributed by atoms with Gasteiger partial charge in [0.1, 0.15) is 0 Å². The number of amides is 2. The van der Waals surface area contributed by atoms with Gasteiger partial charge in [-0.2, -0.15) is 0 Å². The van der Waals surface area contributed by atoms with E-state index in [1.54, 1.807) is 33.3 Å². The number of nitrogens with one attached hydrogen (secondary N) is 1. The highest BCUT2D eigenvalue weighted by molar-refractivity contribution is 5.76. The predicted molar refractivity (Wildman–Crippen MR) is 70.6 cm³/mol. The molecule has 0 aliphatic carbocycles. The van der Waals surface area contributed by atoms with Gasteiger partial charge in [-0.3, -0.25) is 9.78 Å². The molecule has 0 aromatic carbocycles. The third kappa shape index (κ3) is 5.37.